The number of carbonyl (C=O) groups is 1. The maximum absolute atomic E-state index is 12.1. The molecule has 5 heteroatoms. The number of rotatable bonds is 3. The van der Waals surface area contributed by atoms with Gasteiger partial charge in [-0.2, -0.15) is 0 Å². The van der Waals surface area contributed by atoms with Crippen LogP contribution in [0.4, 0.5) is 11.5 Å². The number of hydrogen-bond acceptors (Lipinski definition) is 4. The summed E-state index contributed by atoms with van der Waals surface area (Å²) < 4.78 is 5.09. The fraction of sp³-hybridized carbons (Fsp3) is 0.143. The van der Waals surface area contributed by atoms with Crippen molar-refractivity contribution in [2.75, 3.05) is 18.2 Å². The molecule has 0 radical (unpaired) electrons. The normalized spacial score (nSPS) is 10.0. The average Bonchev–Trinajstić information content (AvgIpc) is 2.42. The van der Waals surface area contributed by atoms with Crippen LogP contribution in [0.15, 0.2) is 36.4 Å². The highest BCUT2D eigenvalue weighted by Gasteiger charge is 2.09. The lowest BCUT2D eigenvalue weighted by Crippen LogP contribution is -2.13. The van der Waals surface area contributed by atoms with Gasteiger partial charge in [0.05, 0.1) is 18.5 Å². The quantitative estimate of drug-likeness (QED) is 0.884. The Morgan fingerprint density at radius 2 is 2.11 bits per heavy atom. The predicted octanol–water partition coefficient (Wildman–Crippen LogP) is 2.23. The van der Waals surface area contributed by atoms with Crippen LogP contribution < -0.4 is 15.8 Å². The Hall–Kier alpha value is -2.56. The summed E-state index contributed by atoms with van der Waals surface area (Å²) in [6, 6.07) is 10.3. The first-order chi connectivity index (χ1) is 9.10. The van der Waals surface area contributed by atoms with E-state index in [0.29, 0.717) is 28.5 Å². The van der Waals surface area contributed by atoms with Crippen LogP contribution >= 0.6 is 0 Å². The molecule has 0 unspecified atom stereocenters. The maximum Gasteiger partial charge on any atom is 0.255 e. The molecule has 0 aliphatic rings. The van der Waals surface area contributed by atoms with Gasteiger partial charge >= 0.3 is 0 Å². The lowest BCUT2D eigenvalue weighted by Gasteiger charge is -2.09. The zero-order chi connectivity index (χ0) is 13.8. The molecule has 0 saturated heterocycles. The van der Waals surface area contributed by atoms with Gasteiger partial charge in [-0.3, -0.25) is 4.79 Å². The summed E-state index contributed by atoms with van der Waals surface area (Å²) in [6.45, 7) is 1.79. The maximum atomic E-state index is 12.1. The van der Waals surface area contributed by atoms with Crippen LogP contribution in [0.5, 0.6) is 5.75 Å². The minimum atomic E-state index is -0.214. The van der Waals surface area contributed by atoms with E-state index in [1.807, 2.05) is 0 Å². The molecule has 1 amide bonds. The highest BCUT2D eigenvalue weighted by Crippen LogP contribution is 2.17. The number of nitrogens with zero attached hydrogens (tertiary/aromatic N) is 1. The smallest absolute Gasteiger partial charge is 0.255 e. The molecule has 1 aromatic heterocycles. The summed E-state index contributed by atoms with van der Waals surface area (Å²) in [4.78, 5) is 16.2. The lowest BCUT2D eigenvalue weighted by molar-refractivity contribution is 0.102. The standard InChI is InChI=1S/C14H15N3O2/c1-9-12(6-7-13(15)16-9)17-14(18)10-4-3-5-11(8-10)19-2/h3-8H,1-2H3,(H2,15,16)(H,17,18). The molecule has 0 aliphatic heterocycles. The van der Waals surface area contributed by atoms with Gasteiger partial charge in [0.1, 0.15) is 11.6 Å². The van der Waals surface area contributed by atoms with Gasteiger partial charge in [-0.1, -0.05) is 6.07 Å². The molecule has 2 rings (SSSR count). The number of aryl methyl sites for hydroxylation is 1. The van der Waals surface area contributed by atoms with E-state index in [4.69, 9.17) is 10.5 Å². The molecule has 1 aromatic carbocycles. The van der Waals surface area contributed by atoms with Crippen LogP contribution in [-0.4, -0.2) is 18.0 Å². The fourth-order valence-corrected chi connectivity index (χ4v) is 1.67. The van der Waals surface area contributed by atoms with E-state index >= 15 is 0 Å². The number of nitrogens with two attached hydrogens (primary N) is 1. The number of anilines is 2. The van der Waals surface area contributed by atoms with E-state index in [2.05, 4.69) is 10.3 Å². The Morgan fingerprint density at radius 3 is 2.79 bits per heavy atom. The van der Waals surface area contributed by atoms with Gasteiger partial charge in [-0.15, -0.1) is 0 Å². The minimum absolute atomic E-state index is 0.214. The Balaban J connectivity index is 2.20. The topological polar surface area (TPSA) is 77.2 Å². The first-order valence-corrected chi connectivity index (χ1v) is 5.78. The Bertz CT molecular complexity index is 611. The van der Waals surface area contributed by atoms with Crippen molar-refractivity contribution in [1.29, 1.82) is 0 Å². The summed E-state index contributed by atoms with van der Waals surface area (Å²) in [5, 5.41) is 2.79. The number of carbonyl (C=O) groups excluding carboxylic acids is 1. The first-order valence-electron chi connectivity index (χ1n) is 5.78. The molecule has 0 spiro atoms. The third kappa shape index (κ3) is 3.01. The summed E-state index contributed by atoms with van der Waals surface area (Å²) >= 11 is 0. The van der Waals surface area contributed by atoms with E-state index in [9.17, 15) is 4.79 Å². The second kappa shape index (κ2) is 5.39. The van der Waals surface area contributed by atoms with Gasteiger partial charge in [-0.25, -0.2) is 4.98 Å². The lowest BCUT2D eigenvalue weighted by atomic mass is 10.2. The van der Waals surface area contributed by atoms with E-state index < -0.39 is 0 Å². The molecule has 0 bridgehead atoms. The van der Waals surface area contributed by atoms with Crippen molar-refractivity contribution in [1.82, 2.24) is 4.98 Å². The third-order valence-corrected chi connectivity index (χ3v) is 2.69. The Labute approximate surface area is 111 Å². The number of aromatic nitrogens is 1. The molecule has 5 nitrogen and oxygen atoms in total. The molecule has 3 N–H and O–H groups in total. The van der Waals surface area contributed by atoms with Crippen molar-refractivity contribution in [2.45, 2.75) is 6.92 Å². The molecule has 98 valence electrons. The van der Waals surface area contributed by atoms with Crippen LogP contribution in [0.2, 0.25) is 0 Å². The molecule has 1 heterocycles. The van der Waals surface area contributed by atoms with Gasteiger partial charge in [0.2, 0.25) is 0 Å². The molecule has 2 aromatic rings. The molecule has 0 atom stereocenters. The number of amides is 1. The minimum Gasteiger partial charge on any atom is -0.497 e. The van der Waals surface area contributed by atoms with Crippen molar-refractivity contribution in [2.24, 2.45) is 0 Å². The second-order valence-electron chi connectivity index (χ2n) is 4.06. The van der Waals surface area contributed by atoms with Crippen molar-refractivity contribution < 1.29 is 9.53 Å². The van der Waals surface area contributed by atoms with Crippen molar-refractivity contribution in [3.8, 4) is 5.75 Å². The van der Waals surface area contributed by atoms with Crippen LogP contribution in [-0.2, 0) is 0 Å². The Kier molecular flexibility index (Phi) is 3.66. The number of pyridine rings is 1. The van der Waals surface area contributed by atoms with Crippen LogP contribution in [0.3, 0.4) is 0 Å². The predicted molar refractivity (Wildman–Crippen MR) is 74.3 cm³/mol. The number of benzene rings is 1. The van der Waals surface area contributed by atoms with E-state index in [-0.39, 0.29) is 5.91 Å². The largest absolute Gasteiger partial charge is 0.497 e. The van der Waals surface area contributed by atoms with Crippen molar-refractivity contribution in [3.63, 3.8) is 0 Å². The highest BCUT2D eigenvalue weighted by atomic mass is 16.5. The van der Waals surface area contributed by atoms with Crippen molar-refractivity contribution >= 4 is 17.4 Å². The van der Waals surface area contributed by atoms with Gasteiger partial charge in [-0.05, 0) is 37.3 Å². The zero-order valence-electron chi connectivity index (χ0n) is 10.8. The SMILES string of the molecule is COc1cccc(C(=O)Nc2ccc(N)nc2C)c1. The summed E-state index contributed by atoms with van der Waals surface area (Å²) in [7, 11) is 1.56. The number of ether oxygens (including phenoxy) is 1. The van der Waals surface area contributed by atoms with Crippen molar-refractivity contribution in [3.05, 3.63) is 47.7 Å². The molecule has 19 heavy (non-hydrogen) atoms. The number of nitrogens with one attached hydrogen (secondary N) is 1. The number of nitrogen functional groups attached to an aromatic ring is 1. The molecule has 0 fully saturated rings. The first kappa shape index (κ1) is 12.9. The molecular weight excluding hydrogens is 242 g/mol. The molecular formula is C14H15N3O2. The molecule has 0 saturated carbocycles. The van der Waals surface area contributed by atoms with Crippen LogP contribution in [0.25, 0.3) is 0 Å². The monoisotopic (exact) mass is 257 g/mol. The molecule has 0 aliphatic carbocycles. The van der Waals surface area contributed by atoms with E-state index in [1.165, 1.54) is 0 Å². The Morgan fingerprint density at radius 1 is 1.32 bits per heavy atom. The van der Waals surface area contributed by atoms with Crippen LogP contribution in [0, 0.1) is 6.92 Å². The summed E-state index contributed by atoms with van der Waals surface area (Å²) in [6.07, 6.45) is 0. The third-order valence-electron chi connectivity index (χ3n) is 2.69. The zero-order valence-corrected chi connectivity index (χ0v) is 10.8. The van der Waals surface area contributed by atoms with Gasteiger partial charge in [0.15, 0.2) is 0 Å². The second-order valence-corrected chi connectivity index (χ2v) is 4.06. The highest BCUT2D eigenvalue weighted by molar-refractivity contribution is 6.04. The van der Waals surface area contributed by atoms with E-state index in [1.54, 1.807) is 50.4 Å². The van der Waals surface area contributed by atoms with E-state index in [0.717, 1.165) is 0 Å². The van der Waals surface area contributed by atoms with Gasteiger partial charge in [0.25, 0.3) is 5.91 Å². The average molecular weight is 257 g/mol. The van der Waals surface area contributed by atoms with Gasteiger partial charge < -0.3 is 15.8 Å². The van der Waals surface area contributed by atoms with Crippen LogP contribution in [0.1, 0.15) is 16.1 Å². The number of hydrogen-bond donors (Lipinski definition) is 2. The number of methoxy groups -OCH3 is 1. The summed E-state index contributed by atoms with van der Waals surface area (Å²) in [5.41, 5.74) is 7.41. The summed E-state index contributed by atoms with van der Waals surface area (Å²) in [5.74, 6) is 0.852. The fourth-order valence-electron chi connectivity index (χ4n) is 1.67. The van der Waals surface area contributed by atoms with Gasteiger partial charge in [0, 0.05) is 5.56 Å².